The zero-order valence-corrected chi connectivity index (χ0v) is 13.8. The van der Waals surface area contributed by atoms with Crippen molar-refractivity contribution in [1.82, 2.24) is 4.90 Å². The second-order valence-electron chi connectivity index (χ2n) is 5.31. The minimum absolute atomic E-state index is 0.180. The molecule has 0 aliphatic carbocycles. The third-order valence-corrected chi connectivity index (χ3v) is 5.01. The van der Waals surface area contributed by atoms with E-state index in [2.05, 4.69) is 0 Å². The van der Waals surface area contributed by atoms with E-state index in [9.17, 15) is 17.6 Å². The third kappa shape index (κ3) is 4.10. The average Bonchev–Trinajstić information content (AvgIpc) is 2.47. The number of carbonyl (C=O) groups is 1. The van der Waals surface area contributed by atoms with Crippen LogP contribution in [0.1, 0.15) is 19.3 Å². The molecule has 2 rings (SSSR count). The van der Waals surface area contributed by atoms with Crippen LogP contribution in [0.5, 0.6) is 0 Å². The zero-order chi connectivity index (χ0) is 16.3. The Balaban J connectivity index is 2.23. The van der Waals surface area contributed by atoms with Crippen LogP contribution in [0.15, 0.2) is 18.2 Å². The molecule has 22 heavy (non-hydrogen) atoms. The molecule has 0 unspecified atom stereocenters. The molecule has 1 aliphatic rings. The Morgan fingerprint density at radius 2 is 1.95 bits per heavy atom. The molecule has 1 saturated heterocycles. The van der Waals surface area contributed by atoms with E-state index in [1.807, 2.05) is 0 Å². The molecule has 1 aliphatic heterocycles. The predicted octanol–water partition coefficient (Wildman–Crippen LogP) is 2.26. The maximum atomic E-state index is 13.2. The quantitative estimate of drug-likeness (QED) is 0.838. The van der Waals surface area contributed by atoms with E-state index in [0.29, 0.717) is 13.1 Å². The summed E-state index contributed by atoms with van der Waals surface area (Å²) in [5.41, 5.74) is 0.180. The Bertz CT molecular complexity index is 660. The summed E-state index contributed by atoms with van der Waals surface area (Å²) >= 11 is 5.70. The first-order valence-electron chi connectivity index (χ1n) is 6.99. The van der Waals surface area contributed by atoms with Gasteiger partial charge in [-0.1, -0.05) is 11.6 Å². The first-order chi connectivity index (χ1) is 10.3. The Hall–Kier alpha value is -1.34. The van der Waals surface area contributed by atoms with Crippen molar-refractivity contribution in [2.45, 2.75) is 19.3 Å². The summed E-state index contributed by atoms with van der Waals surface area (Å²) in [5.74, 6) is -0.896. The smallest absolute Gasteiger partial charge is 0.243 e. The van der Waals surface area contributed by atoms with Crippen molar-refractivity contribution in [2.24, 2.45) is 0 Å². The highest BCUT2D eigenvalue weighted by molar-refractivity contribution is 7.92. The number of nitrogens with zero attached hydrogens (tertiary/aromatic N) is 2. The molecule has 0 N–H and O–H groups in total. The van der Waals surface area contributed by atoms with E-state index in [0.717, 1.165) is 35.9 Å². The fraction of sp³-hybridized carbons (Fsp3) is 0.500. The van der Waals surface area contributed by atoms with E-state index in [1.54, 1.807) is 4.90 Å². The number of anilines is 1. The second kappa shape index (κ2) is 6.83. The molecule has 0 atom stereocenters. The van der Waals surface area contributed by atoms with Crippen molar-refractivity contribution in [3.8, 4) is 0 Å². The van der Waals surface area contributed by atoms with Gasteiger partial charge in [0, 0.05) is 13.1 Å². The topological polar surface area (TPSA) is 57.7 Å². The fourth-order valence-electron chi connectivity index (χ4n) is 2.41. The Morgan fingerprint density at radius 3 is 2.50 bits per heavy atom. The predicted molar refractivity (Wildman–Crippen MR) is 84.0 cm³/mol. The normalized spacial score (nSPS) is 15.7. The van der Waals surface area contributed by atoms with Gasteiger partial charge in [-0.05, 0) is 37.5 Å². The van der Waals surface area contributed by atoms with Crippen molar-refractivity contribution in [2.75, 3.05) is 30.2 Å². The van der Waals surface area contributed by atoms with Gasteiger partial charge in [0.25, 0.3) is 0 Å². The lowest BCUT2D eigenvalue weighted by Crippen LogP contribution is -2.44. The maximum absolute atomic E-state index is 13.2. The second-order valence-corrected chi connectivity index (χ2v) is 7.62. The monoisotopic (exact) mass is 348 g/mol. The Morgan fingerprint density at radius 1 is 1.32 bits per heavy atom. The van der Waals surface area contributed by atoms with Crippen LogP contribution in [-0.4, -0.2) is 45.1 Å². The van der Waals surface area contributed by atoms with Crippen LogP contribution in [0.25, 0.3) is 0 Å². The van der Waals surface area contributed by atoms with Crippen molar-refractivity contribution < 1.29 is 17.6 Å². The largest absolute Gasteiger partial charge is 0.341 e. The summed E-state index contributed by atoms with van der Waals surface area (Å²) in [6, 6.07) is 3.59. The first-order valence-corrected chi connectivity index (χ1v) is 9.22. The van der Waals surface area contributed by atoms with Crippen LogP contribution >= 0.6 is 11.6 Å². The highest BCUT2D eigenvalue weighted by Gasteiger charge is 2.25. The summed E-state index contributed by atoms with van der Waals surface area (Å²) in [6.45, 7) is 0.974. The number of amides is 1. The van der Waals surface area contributed by atoms with Crippen molar-refractivity contribution >= 4 is 33.2 Å². The zero-order valence-electron chi connectivity index (χ0n) is 12.3. The van der Waals surface area contributed by atoms with Crippen molar-refractivity contribution in [3.05, 3.63) is 29.0 Å². The molecular formula is C14H18ClFN2O3S. The molecule has 1 amide bonds. The van der Waals surface area contributed by atoms with Crippen molar-refractivity contribution in [1.29, 1.82) is 0 Å². The summed E-state index contributed by atoms with van der Waals surface area (Å²) in [7, 11) is -3.68. The lowest BCUT2D eigenvalue weighted by atomic mass is 10.1. The summed E-state index contributed by atoms with van der Waals surface area (Å²) in [6.07, 6.45) is 3.93. The molecule has 0 aromatic heterocycles. The Labute approximate surface area is 134 Å². The molecule has 1 heterocycles. The lowest BCUT2D eigenvalue weighted by molar-refractivity contribution is -0.130. The number of hydrogen-bond acceptors (Lipinski definition) is 3. The van der Waals surface area contributed by atoms with E-state index >= 15 is 0 Å². The minimum atomic E-state index is -3.68. The van der Waals surface area contributed by atoms with Gasteiger partial charge in [0.2, 0.25) is 15.9 Å². The van der Waals surface area contributed by atoms with Crippen LogP contribution in [0.4, 0.5) is 10.1 Å². The lowest BCUT2D eigenvalue weighted by Gasteiger charge is -2.30. The van der Waals surface area contributed by atoms with E-state index in [-0.39, 0.29) is 23.2 Å². The fourth-order valence-corrected chi connectivity index (χ4v) is 3.42. The molecule has 0 bridgehead atoms. The number of halogens is 2. The van der Waals surface area contributed by atoms with Gasteiger partial charge in [-0.3, -0.25) is 9.10 Å². The van der Waals surface area contributed by atoms with E-state index < -0.39 is 15.8 Å². The van der Waals surface area contributed by atoms with Crippen LogP contribution in [0.3, 0.4) is 0 Å². The molecule has 0 saturated carbocycles. The molecule has 5 nitrogen and oxygen atoms in total. The van der Waals surface area contributed by atoms with Crippen LogP contribution in [-0.2, 0) is 14.8 Å². The van der Waals surface area contributed by atoms with E-state index in [4.69, 9.17) is 11.6 Å². The van der Waals surface area contributed by atoms with Gasteiger partial charge in [-0.2, -0.15) is 0 Å². The third-order valence-electron chi connectivity index (χ3n) is 3.58. The molecule has 1 fully saturated rings. The highest BCUT2D eigenvalue weighted by atomic mass is 35.5. The van der Waals surface area contributed by atoms with Gasteiger partial charge in [0.05, 0.1) is 17.0 Å². The van der Waals surface area contributed by atoms with Crippen LogP contribution in [0.2, 0.25) is 5.02 Å². The number of hydrogen-bond donors (Lipinski definition) is 0. The molecule has 122 valence electrons. The number of piperidine rings is 1. The Kier molecular flexibility index (Phi) is 5.28. The van der Waals surface area contributed by atoms with Gasteiger partial charge in [-0.15, -0.1) is 0 Å². The number of rotatable bonds is 4. The summed E-state index contributed by atoms with van der Waals surface area (Å²) in [4.78, 5) is 14.0. The van der Waals surface area contributed by atoms with Crippen molar-refractivity contribution in [3.63, 3.8) is 0 Å². The highest BCUT2D eigenvalue weighted by Crippen LogP contribution is 2.24. The number of benzene rings is 1. The summed E-state index contributed by atoms with van der Waals surface area (Å²) in [5, 5.41) is -0.184. The van der Waals surface area contributed by atoms with E-state index in [1.165, 1.54) is 12.1 Å². The minimum Gasteiger partial charge on any atom is -0.341 e. The van der Waals surface area contributed by atoms with Gasteiger partial charge in [0.15, 0.2) is 0 Å². The van der Waals surface area contributed by atoms with Gasteiger partial charge >= 0.3 is 0 Å². The molecule has 8 heteroatoms. The van der Waals surface area contributed by atoms with Gasteiger partial charge < -0.3 is 4.90 Å². The molecule has 0 radical (unpaired) electrons. The van der Waals surface area contributed by atoms with Gasteiger partial charge in [0.1, 0.15) is 12.4 Å². The number of carbonyl (C=O) groups excluding carboxylic acids is 1. The van der Waals surface area contributed by atoms with Gasteiger partial charge in [-0.25, -0.2) is 12.8 Å². The summed E-state index contributed by atoms with van der Waals surface area (Å²) < 4.78 is 38.1. The molecule has 1 aromatic rings. The maximum Gasteiger partial charge on any atom is 0.243 e. The molecule has 0 spiro atoms. The van der Waals surface area contributed by atoms with Crippen LogP contribution < -0.4 is 4.31 Å². The molecule has 1 aromatic carbocycles. The SMILES string of the molecule is CS(=O)(=O)N(CC(=O)N1CCCCC1)c1ccc(F)c(Cl)c1. The first kappa shape index (κ1) is 17.0. The number of likely N-dealkylation sites (tertiary alicyclic amines) is 1. The average molecular weight is 349 g/mol. The van der Waals surface area contributed by atoms with Crippen LogP contribution in [0, 0.1) is 5.82 Å². The standard InChI is InChI=1S/C14H18ClFN2O3S/c1-22(20,21)18(11-5-6-13(16)12(15)9-11)10-14(19)17-7-3-2-4-8-17/h5-6,9H,2-4,7-8,10H2,1H3. The molecular weight excluding hydrogens is 331 g/mol. The number of sulfonamides is 1.